The van der Waals surface area contributed by atoms with E-state index in [4.69, 9.17) is 0 Å². The highest BCUT2D eigenvalue weighted by Crippen LogP contribution is 2.35. The Morgan fingerprint density at radius 3 is 2.44 bits per heavy atom. The normalized spacial score (nSPS) is 11.8. The van der Waals surface area contributed by atoms with Crippen molar-refractivity contribution in [2.75, 3.05) is 7.11 Å². The Kier molecular flexibility index (Phi) is 3.89. The Hall–Kier alpha value is -2.12. The number of ether oxygens (including phenoxy) is 1. The fourth-order valence-corrected chi connectivity index (χ4v) is 1.22. The van der Waals surface area contributed by atoms with Gasteiger partial charge in [0.05, 0.1) is 23.2 Å². The second kappa shape index (κ2) is 5.03. The molecular formula is C10H7F4NO3. The average molecular weight is 265 g/mol. The van der Waals surface area contributed by atoms with Crippen LogP contribution in [-0.4, -0.2) is 12.0 Å². The maximum Gasteiger partial charge on any atom is 0.416 e. The first-order chi connectivity index (χ1) is 8.25. The molecule has 18 heavy (non-hydrogen) atoms. The van der Waals surface area contributed by atoms with Gasteiger partial charge in [0.2, 0.25) is 6.20 Å². The predicted molar refractivity (Wildman–Crippen MR) is 54.0 cm³/mol. The molecule has 0 bridgehead atoms. The minimum Gasteiger partial charge on any atom is -0.496 e. The van der Waals surface area contributed by atoms with Gasteiger partial charge in [0, 0.05) is 6.08 Å². The van der Waals surface area contributed by atoms with Crippen molar-refractivity contribution in [3.8, 4) is 5.75 Å². The Balaban J connectivity index is 3.33. The Morgan fingerprint density at radius 1 is 1.39 bits per heavy atom. The Labute approximate surface area is 98.6 Å². The van der Waals surface area contributed by atoms with Crippen LogP contribution < -0.4 is 4.74 Å². The topological polar surface area (TPSA) is 52.4 Å². The number of halogens is 4. The molecule has 8 heteroatoms. The van der Waals surface area contributed by atoms with Gasteiger partial charge in [-0.05, 0) is 12.1 Å². The summed E-state index contributed by atoms with van der Waals surface area (Å²) in [6, 6.07) is 0.824. The number of hydrogen-bond donors (Lipinski definition) is 0. The smallest absolute Gasteiger partial charge is 0.416 e. The fourth-order valence-electron chi connectivity index (χ4n) is 1.22. The van der Waals surface area contributed by atoms with Gasteiger partial charge in [0.25, 0.3) is 0 Å². The predicted octanol–water partition coefficient (Wildman–Crippen LogP) is 3.10. The third-order valence-corrected chi connectivity index (χ3v) is 2.00. The zero-order chi connectivity index (χ0) is 13.9. The van der Waals surface area contributed by atoms with Gasteiger partial charge in [-0.15, -0.1) is 0 Å². The molecule has 0 atom stereocenters. The van der Waals surface area contributed by atoms with Gasteiger partial charge >= 0.3 is 6.18 Å². The second-order valence-corrected chi connectivity index (χ2v) is 3.17. The number of methoxy groups -OCH3 is 1. The van der Waals surface area contributed by atoms with E-state index in [1.807, 2.05) is 0 Å². The first-order valence-electron chi connectivity index (χ1n) is 4.52. The average Bonchev–Trinajstić information content (AvgIpc) is 2.24. The van der Waals surface area contributed by atoms with E-state index in [2.05, 4.69) is 4.74 Å². The molecule has 0 fully saturated rings. The third kappa shape index (κ3) is 3.19. The largest absolute Gasteiger partial charge is 0.496 e. The molecule has 0 N–H and O–H groups in total. The summed E-state index contributed by atoms with van der Waals surface area (Å²) in [6.45, 7) is 0. The SMILES string of the molecule is COc1cc(C(F)(F)F)cc(F)c1/C=C/[N+](=O)[O-]. The number of hydrogen-bond acceptors (Lipinski definition) is 3. The van der Waals surface area contributed by atoms with Gasteiger partial charge in [-0.3, -0.25) is 10.1 Å². The molecule has 0 amide bonds. The van der Waals surface area contributed by atoms with Gasteiger partial charge in [-0.2, -0.15) is 13.2 Å². The summed E-state index contributed by atoms with van der Waals surface area (Å²) in [4.78, 5) is 9.22. The van der Waals surface area contributed by atoms with Crippen molar-refractivity contribution in [2.45, 2.75) is 6.18 Å². The summed E-state index contributed by atoms with van der Waals surface area (Å²) in [6.07, 6.45) is -3.58. The van der Waals surface area contributed by atoms with Crippen LogP contribution in [0.3, 0.4) is 0 Å². The van der Waals surface area contributed by atoms with Crippen LogP contribution in [0.25, 0.3) is 6.08 Å². The van der Waals surface area contributed by atoms with Crippen molar-refractivity contribution >= 4 is 6.08 Å². The lowest BCUT2D eigenvalue weighted by Gasteiger charge is -2.11. The molecule has 0 aromatic heterocycles. The van der Waals surface area contributed by atoms with Crippen LogP contribution in [0.2, 0.25) is 0 Å². The van der Waals surface area contributed by atoms with Gasteiger partial charge in [0.15, 0.2) is 0 Å². The molecule has 1 aromatic carbocycles. The van der Waals surface area contributed by atoms with Gasteiger partial charge in [-0.25, -0.2) is 4.39 Å². The first-order valence-corrected chi connectivity index (χ1v) is 4.52. The Bertz CT molecular complexity index is 497. The summed E-state index contributed by atoms with van der Waals surface area (Å²) < 4.78 is 55.1. The van der Waals surface area contributed by atoms with Crippen molar-refractivity contribution in [1.29, 1.82) is 0 Å². The van der Waals surface area contributed by atoms with Crippen LogP contribution in [0.1, 0.15) is 11.1 Å². The van der Waals surface area contributed by atoms with E-state index in [0.717, 1.165) is 13.2 Å². The molecule has 0 heterocycles. The van der Waals surface area contributed by atoms with E-state index < -0.39 is 33.8 Å². The summed E-state index contributed by atoms with van der Waals surface area (Å²) >= 11 is 0. The fraction of sp³-hybridized carbons (Fsp3) is 0.200. The number of nitro groups is 1. The van der Waals surface area contributed by atoms with E-state index in [1.165, 1.54) is 0 Å². The van der Waals surface area contributed by atoms with Crippen LogP contribution in [0, 0.1) is 15.9 Å². The molecule has 0 aliphatic heterocycles. The highest BCUT2D eigenvalue weighted by molar-refractivity contribution is 5.58. The minimum absolute atomic E-state index is 0.252. The van der Waals surface area contributed by atoms with Crippen molar-refractivity contribution in [2.24, 2.45) is 0 Å². The van der Waals surface area contributed by atoms with E-state index in [1.54, 1.807) is 0 Å². The number of nitrogens with zero attached hydrogens (tertiary/aromatic N) is 1. The van der Waals surface area contributed by atoms with E-state index in [-0.39, 0.29) is 6.07 Å². The zero-order valence-electron chi connectivity index (χ0n) is 8.99. The summed E-state index contributed by atoms with van der Waals surface area (Å²) in [7, 11) is 1.04. The van der Waals surface area contributed by atoms with Crippen LogP contribution in [0.15, 0.2) is 18.3 Å². The van der Waals surface area contributed by atoms with Crippen molar-refractivity contribution in [1.82, 2.24) is 0 Å². The molecule has 0 aliphatic rings. The molecule has 1 rings (SSSR count). The molecule has 0 aliphatic carbocycles. The second-order valence-electron chi connectivity index (χ2n) is 3.17. The minimum atomic E-state index is -4.72. The van der Waals surface area contributed by atoms with Crippen molar-refractivity contribution in [3.05, 3.63) is 45.4 Å². The summed E-state index contributed by atoms with van der Waals surface area (Å²) in [5, 5.41) is 10.1. The third-order valence-electron chi connectivity index (χ3n) is 2.00. The highest BCUT2D eigenvalue weighted by Gasteiger charge is 2.32. The number of alkyl halides is 3. The zero-order valence-corrected chi connectivity index (χ0v) is 8.99. The molecule has 0 spiro atoms. The van der Waals surface area contributed by atoms with Gasteiger partial charge < -0.3 is 4.74 Å². The lowest BCUT2D eigenvalue weighted by molar-refractivity contribution is -0.401. The molecule has 0 saturated heterocycles. The molecule has 0 unspecified atom stereocenters. The monoisotopic (exact) mass is 265 g/mol. The summed E-state index contributed by atoms with van der Waals surface area (Å²) in [5.74, 6) is -1.68. The maximum atomic E-state index is 13.4. The van der Waals surface area contributed by atoms with Crippen molar-refractivity contribution in [3.63, 3.8) is 0 Å². The molecular weight excluding hydrogens is 258 g/mol. The molecule has 4 nitrogen and oxygen atoms in total. The molecule has 0 saturated carbocycles. The molecule has 1 aromatic rings. The number of benzene rings is 1. The van der Waals surface area contributed by atoms with Crippen LogP contribution in [0.4, 0.5) is 17.6 Å². The van der Waals surface area contributed by atoms with Crippen LogP contribution in [-0.2, 0) is 6.18 Å². The number of rotatable bonds is 3. The maximum absolute atomic E-state index is 13.4. The lowest BCUT2D eigenvalue weighted by Crippen LogP contribution is -2.07. The van der Waals surface area contributed by atoms with E-state index in [0.29, 0.717) is 12.3 Å². The molecule has 98 valence electrons. The summed E-state index contributed by atoms with van der Waals surface area (Å²) in [5.41, 5.74) is -1.64. The lowest BCUT2D eigenvalue weighted by atomic mass is 10.1. The quantitative estimate of drug-likeness (QED) is 0.479. The van der Waals surface area contributed by atoms with Crippen molar-refractivity contribution < 1.29 is 27.2 Å². The van der Waals surface area contributed by atoms with Gasteiger partial charge in [0.1, 0.15) is 11.6 Å². The van der Waals surface area contributed by atoms with Crippen LogP contribution >= 0.6 is 0 Å². The standard InChI is InChI=1S/C10H7F4NO3/c1-18-9-5-6(10(12,13)14)4-8(11)7(9)2-3-15(16)17/h2-5H,1H3/b3-2+. The van der Waals surface area contributed by atoms with Gasteiger partial charge in [-0.1, -0.05) is 0 Å². The molecule has 0 radical (unpaired) electrons. The van der Waals surface area contributed by atoms with E-state index in [9.17, 15) is 27.7 Å². The van der Waals surface area contributed by atoms with E-state index >= 15 is 0 Å². The van der Waals surface area contributed by atoms with Crippen LogP contribution in [0.5, 0.6) is 5.75 Å². The first kappa shape index (κ1) is 13.9. The highest BCUT2D eigenvalue weighted by atomic mass is 19.4. The Morgan fingerprint density at radius 2 is 2.00 bits per heavy atom.